The summed E-state index contributed by atoms with van der Waals surface area (Å²) in [4.78, 5) is 23.2. The zero-order chi connectivity index (χ0) is 16.2. The molecule has 1 aliphatic heterocycles. The van der Waals surface area contributed by atoms with Gasteiger partial charge in [0.1, 0.15) is 5.56 Å². The van der Waals surface area contributed by atoms with Gasteiger partial charge in [-0.15, -0.1) is 0 Å². The van der Waals surface area contributed by atoms with E-state index < -0.39 is 5.97 Å². The number of carbonyl (C=O) groups excluding carboxylic acids is 1. The van der Waals surface area contributed by atoms with Gasteiger partial charge in [0.05, 0.1) is 29.5 Å². The molecule has 2 aromatic heterocycles. The fraction of sp³-hybridized carbons (Fsp3) is 0.467. The molecule has 0 radical (unpaired) electrons. The number of anilines is 1. The predicted molar refractivity (Wildman–Crippen MR) is 88.5 cm³/mol. The van der Waals surface area contributed by atoms with Crippen LogP contribution >= 0.6 is 15.9 Å². The van der Waals surface area contributed by atoms with Gasteiger partial charge in [0.25, 0.3) is 0 Å². The highest BCUT2D eigenvalue weighted by molar-refractivity contribution is 9.10. The molecule has 1 aliphatic rings. The van der Waals surface area contributed by atoms with Crippen molar-refractivity contribution in [3.05, 3.63) is 34.3 Å². The van der Waals surface area contributed by atoms with Crippen LogP contribution in [0.4, 0.5) is 5.95 Å². The number of carbonyl (C=O) groups is 1. The van der Waals surface area contributed by atoms with Crippen molar-refractivity contribution < 1.29 is 9.53 Å². The van der Waals surface area contributed by atoms with Gasteiger partial charge in [-0.1, -0.05) is 0 Å². The number of rotatable bonds is 5. The molecule has 0 aromatic carbocycles. The van der Waals surface area contributed by atoms with Gasteiger partial charge in [0.15, 0.2) is 0 Å². The molecule has 0 saturated carbocycles. The highest BCUT2D eigenvalue weighted by Crippen LogP contribution is 2.19. The molecule has 0 N–H and O–H groups in total. The quantitative estimate of drug-likeness (QED) is 0.741. The maximum Gasteiger partial charge on any atom is 0.341 e. The first-order valence-corrected chi connectivity index (χ1v) is 8.42. The van der Waals surface area contributed by atoms with E-state index in [9.17, 15) is 4.79 Å². The molecule has 0 spiro atoms. The summed E-state index contributed by atoms with van der Waals surface area (Å²) < 4.78 is 7.71. The van der Waals surface area contributed by atoms with Crippen LogP contribution in [-0.4, -0.2) is 45.4 Å². The normalized spacial score (nSPS) is 14.3. The molecular formula is C15H18BrN5O2. The summed E-state index contributed by atoms with van der Waals surface area (Å²) in [5.41, 5.74) is 1.01. The SMILES string of the molecule is CCOC(=O)c1cnc(N2CCCC2)nc1Cn1cc(Br)cn1. The van der Waals surface area contributed by atoms with E-state index in [-0.39, 0.29) is 0 Å². The van der Waals surface area contributed by atoms with E-state index in [2.05, 4.69) is 35.9 Å². The van der Waals surface area contributed by atoms with Crippen molar-refractivity contribution in [1.29, 1.82) is 0 Å². The first-order valence-electron chi connectivity index (χ1n) is 7.63. The maximum absolute atomic E-state index is 12.1. The number of nitrogens with zero attached hydrogens (tertiary/aromatic N) is 5. The second kappa shape index (κ2) is 7.08. The van der Waals surface area contributed by atoms with Crippen LogP contribution in [0.25, 0.3) is 0 Å². The molecule has 0 bridgehead atoms. The van der Waals surface area contributed by atoms with Crippen molar-refractivity contribution in [3.8, 4) is 0 Å². The first kappa shape index (κ1) is 15.9. The Morgan fingerprint density at radius 1 is 1.35 bits per heavy atom. The smallest absolute Gasteiger partial charge is 0.341 e. The van der Waals surface area contributed by atoms with Gasteiger partial charge >= 0.3 is 5.97 Å². The van der Waals surface area contributed by atoms with Crippen molar-refractivity contribution in [1.82, 2.24) is 19.7 Å². The Morgan fingerprint density at radius 2 is 2.13 bits per heavy atom. The van der Waals surface area contributed by atoms with E-state index in [0.29, 0.717) is 30.4 Å². The van der Waals surface area contributed by atoms with Crippen molar-refractivity contribution in [3.63, 3.8) is 0 Å². The zero-order valence-electron chi connectivity index (χ0n) is 12.9. The lowest BCUT2D eigenvalue weighted by Gasteiger charge is -2.17. The molecule has 0 unspecified atom stereocenters. The van der Waals surface area contributed by atoms with Gasteiger partial charge in [-0.3, -0.25) is 4.68 Å². The minimum atomic E-state index is -0.401. The minimum absolute atomic E-state index is 0.319. The average molecular weight is 380 g/mol. The molecule has 1 saturated heterocycles. The molecule has 0 amide bonds. The summed E-state index contributed by atoms with van der Waals surface area (Å²) in [5, 5.41) is 4.23. The van der Waals surface area contributed by atoms with Gasteiger partial charge in [-0.2, -0.15) is 5.10 Å². The molecule has 2 aromatic rings. The third-order valence-corrected chi connectivity index (χ3v) is 4.06. The molecule has 23 heavy (non-hydrogen) atoms. The maximum atomic E-state index is 12.1. The van der Waals surface area contributed by atoms with Crippen LogP contribution < -0.4 is 4.90 Å². The molecule has 7 nitrogen and oxygen atoms in total. The van der Waals surface area contributed by atoms with Gasteiger partial charge < -0.3 is 9.64 Å². The van der Waals surface area contributed by atoms with E-state index in [1.165, 1.54) is 0 Å². The number of esters is 1. The molecule has 1 fully saturated rings. The highest BCUT2D eigenvalue weighted by atomic mass is 79.9. The van der Waals surface area contributed by atoms with Crippen LogP contribution in [0.1, 0.15) is 35.8 Å². The summed E-state index contributed by atoms with van der Waals surface area (Å²) >= 11 is 3.37. The van der Waals surface area contributed by atoms with Crippen molar-refractivity contribution in [2.75, 3.05) is 24.6 Å². The highest BCUT2D eigenvalue weighted by Gasteiger charge is 2.20. The van der Waals surface area contributed by atoms with Crippen LogP contribution in [0.3, 0.4) is 0 Å². The molecule has 3 heterocycles. The predicted octanol–water partition coefficient (Wildman–Crippen LogP) is 2.26. The van der Waals surface area contributed by atoms with Gasteiger partial charge in [0.2, 0.25) is 5.95 Å². The van der Waals surface area contributed by atoms with Crippen molar-refractivity contribution in [2.24, 2.45) is 0 Å². The monoisotopic (exact) mass is 379 g/mol. The number of ether oxygens (including phenoxy) is 1. The number of aromatic nitrogens is 4. The molecular weight excluding hydrogens is 362 g/mol. The molecule has 3 rings (SSSR count). The summed E-state index contributed by atoms with van der Waals surface area (Å²) in [6, 6.07) is 0. The van der Waals surface area contributed by atoms with Crippen LogP contribution in [0.2, 0.25) is 0 Å². The minimum Gasteiger partial charge on any atom is -0.462 e. The third-order valence-electron chi connectivity index (χ3n) is 3.65. The fourth-order valence-corrected chi connectivity index (χ4v) is 2.88. The van der Waals surface area contributed by atoms with E-state index in [4.69, 9.17) is 4.74 Å². The Labute approximate surface area is 142 Å². The largest absolute Gasteiger partial charge is 0.462 e. The number of hydrogen-bond donors (Lipinski definition) is 0. The Bertz CT molecular complexity index is 697. The molecule has 0 aliphatic carbocycles. The average Bonchev–Trinajstić information content (AvgIpc) is 3.19. The Morgan fingerprint density at radius 3 is 2.78 bits per heavy atom. The van der Waals surface area contributed by atoms with Crippen molar-refractivity contribution >= 4 is 27.8 Å². The molecule has 8 heteroatoms. The second-order valence-corrected chi connectivity index (χ2v) is 6.22. The van der Waals surface area contributed by atoms with E-state index in [1.54, 1.807) is 24.0 Å². The first-order chi connectivity index (χ1) is 11.2. The second-order valence-electron chi connectivity index (χ2n) is 5.30. The Balaban J connectivity index is 1.92. The topological polar surface area (TPSA) is 73.1 Å². The van der Waals surface area contributed by atoms with E-state index >= 15 is 0 Å². The lowest BCUT2D eigenvalue weighted by atomic mass is 10.2. The number of hydrogen-bond acceptors (Lipinski definition) is 6. The van der Waals surface area contributed by atoms with Crippen LogP contribution in [0.5, 0.6) is 0 Å². The number of halogens is 1. The van der Waals surface area contributed by atoms with Crippen LogP contribution in [-0.2, 0) is 11.3 Å². The van der Waals surface area contributed by atoms with Gasteiger partial charge in [0, 0.05) is 25.5 Å². The van der Waals surface area contributed by atoms with Crippen LogP contribution in [0, 0.1) is 0 Å². The fourth-order valence-electron chi connectivity index (χ4n) is 2.55. The summed E-state index contributed by atoms with van der Waals surface area (Å²) in [7, 11) is 0. The Kier molecular flexibility index (Phi) is 4.90. The standard InChI is InChI=1S/C15H18BrN5O2/c1-2-23-14(22)12-8-17-15(20-5-3-4-6-20)19-13(12)10-21-9-11(16)7-18-21/h7-9H,2-6,10H2,1H3. The van der Waals surface area contributed by atoms with Crippen molar-refractivity contribution in [2.45, 2.75) is 26.3 Å². The Hall–Kier alpha value is -1.96. The lowest BCUT2D eigenvalue weighted by molar-refractivity contribution is 0.0523. The lowest BCUT2D eigenvalue weighted by Crippen LogP contribution is -2.23. The van der Waals surface area contributed by atoms with Crippen LogP contribution in [0.15, 0.2) is 23.1 Å². The molecule has 122 valence electrons. The zero-order valence-corrected chi connectivity index (χ0v) is 14.5. The van der Waals surface area contributed by atoms with Gasteiger partial charge in [-0.25, -0.2) is 14.8 Å². The summed E-state index contributed by atoms with van der Waals surface area (Å²) in [6.07, 6.45) is 7.39. The van der Waals surface area contributed by atoms with E-state index in [0.717, 1.165) is 30.4 Å². The van der Waals surface area contributed by atoms with E-state index in [1.807, 2.05) is 6.20 Å². The third kappa shape index (κ3) is 3.69. The summed E-state index contributed by atoms with van der Waals surface area (Å²) in [6.45, 7) is 4.39. The summed E-state index contributed by atoms with van der Waals surface area (Å²) in [5.74, 6) is 0.262. The van der Waals surface area contributed by atoms with Gasteiger partial charge in [-0.05, 0) is 35.7 Å². The molecule has 0 atom stereocenters.